The number of aromatic nitrogens is 2. The molecule has 0 aliphatic rings. The van der Waals surface area contributed by atoms with Gasteiger partial charge in [-0.05, 0) is 54.8 Å². The van der Waals surface area contributed by atoms with E-state index in [1.807, 2.05) is 0 Å². The number of hydrogen-bond donors (Lipinski definition) is 0. The van der Waals surface area contributed by atoms with Crippen LogP contribution in [-0.2, 0) is 14.1 Å². The molecule has 0 fully saturated rings. The van der Waals surface area contributed by atoms with Crippen LogP contribution in [0.4, 0.5) is 0 Å². The fraction of sp³-hybridized carbons (Fsp3) is 0.152. The third-order valence-electron chi connectivity index (χ3n) is 6.20. The summed E-state index contributed by atoms with van der Waals surface area (Å²) in [6, 6.07) is 31.8. The van der Waals surface area contributed by atoms with Crippen LogP contribution in [0.1, 0.15) is 37.7 Å². The molecule has 3 aromatic carbocycles. The lowest BCUT2D eigenvalue weighted by Crippen LogP contribution is -2.31. The van der Waals surface area contributed by atoms with Gasteiger partial charge in [0.05, 0.1) is 10.8 Å². The fourth-order valence-electron chi connectivity index (χ4n) is 4.30. The summed E-state index contributed by atoms with van der Waals surface area (Å²) in [6.45, 7) is 6.42. The van der Waals surface area contributed by atoms with E-state index in [0.29, 0.717) is 0 Å². The summed E-state index contributed by atoms with van der Waals surface area (Å²) in [5, 5.41) is 5.16. The lowest BCUT2D eigenvalue weighted by Gasteiger charge is -2.04. The van der Waals surface area contributed by atoms with Crippen LogP contribution in [0.5, 0.6) is 0 Å². The first-order valence-electron chi connectivity index (χ1n) is 12.1. The van der Waals surface area contributed by atoms with Crippen LogP contribution in [0.2, 0.25) is 0 Å². The van der Waals surface area contributed by atoms with E-state index >= 15 is 0 Å². The van der Waals surface area contributed by atoms with Gasteiger partial charge in [0.2, 0.25) is 11.4 Å². The number of benzene rings is 3. The highest BCUT2D eigenvalue weighted by Crippen LogP contribution is 2.21. The Hall–Kier alpha value is -4.04. The molecule has 5 aromatic rings. The van der Waals surface area contributed by atoms with Crippen molar-refractivity contribution in [2.24, 2.45) is 14.1 Å². The van der Waals surface area contributed by atoms with Gasteiger partial charge in [0.15, 0.2) is 12.4 Å². The average Bonchev–Trinajstić information content (AvgIpc) is 2.88. The highest BCUT2D eigenvalue weighted by Gasteiger charge is 2.10. The normalized spacial score (nSPS) is 11.2. The fourth-order valence-corrected chi connectivity index (χ4v) is 4.30. The molecule has 0 saturated carbocycles. The van der Waals surface area contributed by atoms with E-state index in [1.54, 1.807) is 0 Å². The van der Waals surface area contributed by atoms with Crippen LogP contribution in [0, 0.1) is 0 Å². The first-order chi connectivity index (χ1) is 16.9. The first kappa shape index (κ1) is 24.1. The quantitative estimate of drug-likeness (QED) is 0.250. The Bertz CT molecular complexity index is 1520. The zero-order chi connectivity index (χ0) is 24.8. The van der Waals surface area contributed by atoms with Crippen molar-refractivity contribution in [1.82, 2.24) is 0 Å². The summed E-state index contributed by atoms with van der Waals surface area (Å²) < 4.78 is 4.34. The third kappa shape index (κ3) is 5.73. The standard InChI is InChI=1S/C19H18N.C14H16N/c1-15(16-8-4-3-5-9-16)14-19-18-11-7-6-10-17(18)12-13-20(19)2;1-11(2)10-14-13-7-5-4-6-12(13)8-9-15(14)3/h3-14H,1-2H3;4-10H,1-3H3/q2*+1/b15-14+;. The molecule has 0 spiro atoms. The molecule has 174 valence electrons. The van der Waals surface area contributed by atoms with Crippen molar-refractivity contribution in [2.45, 2.75) is 20.8 Å². The first-order valence-corrected chi connectivity index (χ1v) is 12.1. The van der Waals surface area contributed by atoms with Gasteiger partial charge in [-0.3, -0.25) is 0 Å². The van der Waals surface area contributed by atoms with Gasteiger partial charge in [0.1, 0.15) is 14.1 Å². The molecular formula is C33H34N2+2. The van der Waals surface area contributed by atoms with Crippen molar-refractivity contribution < 1.29 is 9.13 Å². The molecule has 0 aliphatic carbocycles. The van der Waals surface area contributed by atoms with Crippen LogP contribution in [-0.4, -0.2) is 0 Å². The van der Waals surface area contributed by atoms with Crippen molar-refractivity contribution in [3.8, 4) is 0 Å². The Kier molecular flexibility index (Phi) is 7.52. The van der Waals surface area contributed by atoms with E-state index in [1.165, 1.54) is 49.6 Å². The van der Waals surface area contributed by atoms with Crippen LogP contribution < -0.4 is 9.13 Å². The van der Waals surface area contributed by atoms with E-state index < -0.39 is 0 Å². The van der Waals surface area contributed by atoms with E-state index in [4.69, 9.17) is 0 Å². The minimum atomic E-state index is 1.24. The monoisotopic (exact) mass is 458 g/mol. The van der Waals surface area contributed by atoms with E-state index in [-0.39, 0.29) is 0 Å². The van der Waals surface area contributed by atoms with Gasteiger partial charge in [-0.2, -0.15) is 0 Å². The lowest BCUT2D eigenvalue weighted by molar-refractivity contribution is -0.672. The predicted molar refractivity (Wildman–Crippen MR) is 150 cm³/mol. The van der Waals surface area contributed by atoms with Gasteiger partial charge in [0.25, 0.3) is 0 Å². The van der Waals surface area contributed by atoms with Crippen molar-refractivity contribution >= 4 is 39.3 Å². The number of allylic oxidation sites excluding steroid dienone is 2. The summed E-state index contributed by atoms with van der Waals surface area (Å²) in [5.74, 6) is 0. The molecule has 0 atom stereocenters. The number of pyridine rings is 2. The molecule has 35 heavy (non-hydrogen) atoms. The van der Waals surface area contributed by atoms with Crippen molar-refractivity contribution in [1.29, 1.82) is 0 Å². The summed E-state index contributed by atoms with van der Waals surface area (Å²) in [6.07, 6.45) is 8.71. The molecule has 2 heterocycles. The predicted octanol–water partition coefficient (Wildman–Crippen LogP) is 7.31. The number of fused-ring (bicyclic) bond motifs is 2. The highest BCUT2D eigenvalue weighted by molar-refractivity contribution is 5.92. The maximum absolute atomic E-state index is 2.26. The molecule has 0 bridgehead atoms. The van der Waals surface area contributed by atoms with Gasteiger partial charge in [0, 0.05) is 24.3 Å². The minimum absolute atomic E-state index is 1.24. The Labute approximate surface area is 209 Å². The number of hydrogen-bond acceptors (Lipinski definition) is 0. The molecule has 0 unspecified atom stereocenters. The smallest absolute Gasteiger partial charge is 0.201 e. The van der Waals surface area contributed by atoms with Crippen LogP contribution in [0.25, 0.3) is 39.3 Å². The minimum Gasteiger partial charge on any atom is -0.201 e. The average molecular weight is 459 g/mol. The zero-order valence-electron chi connectivity index (χ0n) is 21.4. The third-order valence-corrected chi connectivity index (χ3v) is 6.20. The van der Waals surface area contributed by atoms with Gasteiger partial charge in [-0.15, -0.1) is 0 Å². The lowest BCUT2D eigenvalue weighted by atomic mass is 10.0. The molecular weight excluding hydrogens is 424 g/mol. The summed E-state index contributed by atoms with van der Waals surface area (Å²) in [5.41, 5.74) is 6.37. The van der Waals surface area contributed by atoms with Crippen molar-refractivity contribution in [2.75, 3.05) is 0 Å². The maximum atomic E-state index is 2.26. The van der Waals surface area contributed by atoms with E-state index in [0.717, 1.165) is 0 Å². The molecule has 0 N–H and O–H groups in total. The Morgan fingerprint density at radius 3 is 1.51 bits per heavy atom. The molecule has 0 radical (unpaired) electrons. The molecule has 2 aromatic heterocycles. The largest absolute Gasteiger partial charge is 0.213 e. The van der Waals surface area contributed by atoms with E-state index in [2.05, 4.69) is 160 Å². The van der Waals surface area contributed by atoms with Gasteiger partial charge in [-0.25, -0.2) is 9.13 Å². The summed E-state index contributed by atoms with van der Waals surface area (Å²) >= 11 is 0. The second-order valence-electron chi connectivity index (χ2n) is 9.21. The van der Waals surface area contributed by atoms with Gasteiger partial charge >= 0.3 is 0 Å². The molecule has 0 aliphatic heterocycles. The molecule has 0 saturated heterocycles. The van der Waals surface area contributed by atoms with Crippen LogP contribution >= 0.6 is 0 Å². The summed E-state index contributed by atoms with van der Waals surface area (Å²) in [4.78, 5) is 0. The zero-order valence-corrected chi connectivity index (χ0v) is 21.4. The molecule has 0 amide bonds. The number of nitrogens with zero attached hydrogens (tertiary/aromatic N) is 2. The van der Waals surface area contributed by atoms with Crippen LogP contribution in [0.3, 0.4) is 0 Å². The number of aryl methyl sites for hydroxylation is 2. The Balaban J connectivity index is 0.000000172. The number of rotatable bonds is 3. The maximum Gasteiger partial charge on any atom is 0.213 e. The molecule has 5 rings (SSSR count). The summed E-state index contributed by atoms with van der Waals surface area (Å²) in [7, 11) is 4.18. The Morgan fingerprint density at radius 1 is 0.543 bits per heavy atom. The topological polar surface area (TPSA) is 7.76 Å². The van der Waals surface area contributed by atoms with Gasteiger partial charge < -0.3 is 0 Å². The second-order valence-corrected chi connectivity index (χ2v) is 9.21. The van der Waals surface area contributed by atoms with E-state index in [9.17, 15) is 0 Å². The Morgan fingerprint density at radius 2 is 1.00 bits per heavy atom. The second kappa shape index (κ2) is 10.9. The SMILES string of the molecule is C/C(=C\c1c2ccccc2cc[n+]1C)c1ccccc1.CC(C)=Cc1c2ccccc2cc[n+]1C. The van der Waals surface area contributed by atoms with Crippen molar-refractivity contribution in [3.05, 3.63) is 126 Å². The van der Waals surface area contributed by atoms with Crippen LogP contribution in [0.15, 0.2) is 109 Å². The van der Waals surface area contributed by atoms with Crippen molar-refractivity contribution in [3.63, 3.8) is 0 Å². The molecule has 2 nitrogen and oxygen atoms in total. The van der Waals surface area contributed by atoms with Gasteiger partial charge in [-0.1, -0.05) is 72.3 Å². The molecule has 2 heteroatoms. The highest BCUT2D eigenvalue weighted by atomic mass is 14.9.